The first-order chi connectivity index (χ1) is 18.1. The lowest BCUT2D eigenvalue weighted by molar-refractivity contribution is -0.139. The highest BCUT2D eigenvalue weighted by Crippen LogP contribution is 2.41. The van der Waals surface area contributed by atoms with E-state index in [-0.39, 0.29) is 24.6 Å². The highest BCUT2D eigenvalue weighted by atomic mass is 19.4. The summed E-state index contributed by atoms with van der Waals surface area (Å²) in [6, 6.07) is 9.92. The van der Waals surface area contributed by atoms with Gasteiger partial charge in [0.15, 0.2) is 0 Å². The highest BCUT2D eigenvalue weighted by Gasteiger charge is 2.41. The Balaban J connectivity index is 1.35. The Morgan fingerprint density at radius 3 is 2.47 bits per heavy atom. The number of hydrogen-bond acceptors (Lipinski definition) is 4. The van der Waals surface area contributed by atoms with Gasteiger partial charge in [-0.05, 0) is 30.4 Å². The van der Waals surface area contributed by atoms with Crippen LogP contribution in [0.25, 0.3) is 0 Å². The number of nitrogens with zero attached hydrogens (tertiary/aromatic N) is 4. The molecule has 1 aliphatic heterocycles. The lowest BCUT2D eigenvalue weighted by Crippen LogP contribution is -2.48. The molecule has 38 heavy (non-hydrogen) atoms. The number of pyridine rings is 1. The van der Waals surface area contributed by atoms with Crippen molar-refractivity contribution in [3.05, 3.63) is 83.2 Å². The number of carbonyl (C=O) groups is 2. The maximum atomic E-state index is 14.8. The van der Waals surface area contributed by atoms with Gasteiger partial charge in [0.25, 0.3) is 0 Å². The summed E-state index contributed by atoms with van der Waals surface area (Å²) in [5, 5.41) is 6.33. The van der Waals surface area contributed by atoms with Crippen molar-refractivity contribution in [2.75, 3.05) is 6.54 Å². The van der Waals surface area contributed by atoms with Gasteiger partial charge in [0.05, 0.1) is 30.0 Å². The number of halogens is 5. The van der Waals surface area contributed by atoms with E-state index in [9.17, 15) is 31.5 Å². The van der Waals surface area contributed by atoms with E-state index in [1.54, 1.807) is 42.5 Å². The van der Waals surface area contributed by atoms with Gasteiger partial charge in [-0.25, -0.2) is 9.37 Å². The van der Waals surface area contributed by atoms with Crippen molar-refractivity contribution < 1.29 is 31.5 Å². The van der Waals surface area contributed by atoms with Crippen LogP contribution in [0.5, 0.6) is 0 Å². The Kier molecular flexibility index (Phi) is 6.89. The summed E-state index contributed by atoms with van der Waals surface area (Å²) in [4.78, 5) is 31.3. The molecule has 1 aromatic carbocycles. The molecule has 0 unspecified atom stereocenters. The van der Waals surface area contributed by atoms with Crippen molar-refractivity contribution in [1.29, 1.82) is 0 Å². The largest absolute Gasteiger partial charge is 0.419 e. The molecule has 1 saturated carbocycles. The molecule has 2 aromatic heterocycles. The van der Waals surface area contributed by atoms with Crippen LogP contribution < -0.4 is 5.32 Å². The molecule has 2 aliphatic rings. The first-order valence-corrected chi connectivity index (χ1v) is 12.1. The lowest BCUT2D eigenvalue weighted by Gasteiger charge is -2.26. The fourth-order valence-corrected chi connectivity index (χ4v) is 4.67. The quantitative estimate of drug-likeness (QED) is 0.366. The number of aromatic nitrogens is 3. The number of hydrogen-bond donors (Lipinski definition) is 1. The minimum atomic E-state index is -4.63. The Morgan fingerprint density at radius 1 is 1.11 bits per heavy atom. The summed E-state index contributed by atoms with van der Waals surface area (Å²) in [5.74, 6) is -1.91. The number of rotatable bonds is 7. The predicted octanol–water partition coefficient (Wildman–Crippen LogP) is 4.16. The summed E-state index contributed by atoms with van der Waals surface area (Å²) in [5.41, 5.74) is 0.348. The van der Waals surface area contributed by atoms with E-state index < -0.39 is 54.3 Å². The fourth-order valence-electron chi connectivity index (χ4n) is 4.67. The minimum absolute atomic E-state index is 0.142. The summed E-state index contributed by atoms with van der Waals surface area (Å²) in [6.07, 6.45) is -3.36. The standard InChI is InChI=1S/C26H24F5N5O2/c27-18-10-21(36(13-18)22(37)14-35-12-17(11-32-35)26(29,30)31)25(38)34-23(16-4-2-1-3-5-16)20-9-8-19(15-6-7-15)24(28)33-20/h1-5,8-9,11-12,15,18,21,23H,6-7,10,13-14H2,(H,34,38)/t18-,21+,23+/m1/s1. The number of benzene rings is 1. The van der Waals surface area contributed by atoms with E-state index in [2.05, 4.69) is 15.4 Å². The Hall–Kier alpha value is -3.83. The van der Waals surface area contributed by atoms with Gasteiger partial charge in [-0.3, -0.25) is 14.3 Å². The van der Waals surface area contributed by atoms with Crippen LogP contribution in [0.1, 0.15) is 53.6 Å². The molecule has 12 heteroatoms. The molecular formula is C26H24F5N5O2. The van der Waals surface area contributed by atoms with Gasteiger partial charge in [-0.15, -0.1) is 0 Å². The third-order valence-corrected chi connectivity index (χ3v) is 6.76. The van der Waals surface area contributed by atoms with Crippen LogP contribution in [0.4, 0.5) is 22.0 Å². The van der Waals surface area contributed by atoms with E-state index in [1.165, 1.54) is 0 Å². The second kappa shape index (κ2) is 10.1. The van der Waals surface area contributed by atoms with Crippen molar-refractivity contribution in [2.45, 2.75) is 56.2 Å². The van der Waals surface area contributed by atoms with E-state index in [1.807, 2.05) is 0 Å². The van der Waals surface area contributed by atoms with Crippen LogP contribution in [0.2, 0.25) is 0 Å². The minimum Gasteiger partial charge on any atom is -0.342 e. The monoisotopic (exact) mass is 533 g/mol. The Bertz CT molecular complexity index is 1330. The first-order valence-electron chi connectivity index (χ1n) is 12.1. The van der Waals surface area contributed by atoms with Gasteiger partial charge in [0.2, 0.25) is 17.8 Å². The average Bonchev–Trinajstić information content (AvgIpc) is 3.46. The zero-order valence-corrected chi connectivity index (χ0v) is 20.0. The third-order valence-electron chi connectivity index (χ3n) is 6.76. The summed E-state index contributed by atoms with van der Waals surface area (Å²) < 4.78 is 68.6. The molecule has 0 radical (unpaired) electrons. The number of amides is 2. The second-order valence-electron chi connectivity index (χ2n) is 9.56. The predicted molar refractivity (Wildman–Crippen MR) is 125 cm³/mol. The number of likely N-dealkylation sites (tertiary alicyclic amines) is 1. The third kappa shape index (κ3) is 5.53. The van der Waals surface area contributed by atoms with Gasteiger partial charge < -0.3 is 10.2 Å². The maximum absolute atomic E-state index is 14.8. The molecule has 0 spiro atoms. The molecule has 200 valence electrons. The molecular weight excluding hydrogens is 509 g/mol. The van der Waals surface area contributed by atoms with Crippen molar-refractivity contribution in [3.8, 4) is 0 Å². The molecule has 2 amide bonds. The van der Waals surface area contributed by atoms with Crippen LogP contribution in [0.3, 0.4) is 0 Å². The van der Waals surface area contributed by atoms with Gasteiger partial charge in [0.1, 0.15) is 18.8 Å². The molecule has 3 atom stereocenters. The molecule has 3 heterocycles. The summed E-state index contributed by atoms with van der Waals surface area (Å²) >= 11 is 0. The van der Waals surface area contributed by atoms with Crippen molar-refractivity contribution in [2.24, 2.45) is 0 Å². The van der Waals surface area contributed by atoms with Crippen molar-refractivity contribution in [1.82, 2.24) is 25.0 Å². The van der Waals surface area contributed by atoms with Gasteiger partial charge in [-0.1, -0.05) is 36.4 Å². The number of nitrogens with one attached hydrogen (secondary N) is 1. The molecule has 5 rings (SSSR count). The van der Waals surface area contributed by atoms with E-state index >= 15 is 0 Å². The molecule has 2 fully saturated rings. The SMILES string of the molecule is O=C(N[C@@H](c1ccccc1)c1ccc(C2CC2)c(F)n1)[C@@H]1C[C@@H](F)CN1C(=O)Cn1cc(C(F)(F)F)cn1. The van der Waals surface area contributed by atoms with Crippen LogP contribution in [-0.4, -0.2) is 50.2 Å². The summed E-state index contributed by atoms with van der Waals surface area (Å²) in [6.45, 7) is -0.979. The lowest BCUT2D eigenvalue weighted by atomic mass is 10.0. The molecule has 1 aliphatic carbocycles. The molecule has 1 saturated heterocycles. The molecule has 3 aromatic rings. The molecule has 1 N–H and O–H groups in total. The molecule has 7 nitrogen and oxygen atoms in total. The average molecular weight is 534 g/mol. The second-order valence-corrected chi connectivity index (χ2v) is 9.56. The Morgan fingerprint density at radius 2 is 1.84 bits per heavy atom. The van der Waals surface area contributed by atoms with E-state index in [0.29, 0.717) is 23.5 Å². The van der Waals surface area contributed by atoms with Crippen LogP contribution in [0.15, 0.2) is 54.9 Å². The normalized spacial score (nSPS) is 20.4. The van der Waals surface area contributed by atoms with Gasteiger partial charge in [0, 0.05) is 18.2 Å². The zero-order chi connectivity index (χ0) is 27.0. The Labute approximate surface area is 214 Å². The fraction of sp³-hybridized carbons (Fsp3) is 0.385. The van der Waals surface area contributed by atoms with Crippen LogP contribution >= 0.6 is 0 Å². The first kappa shape index (κ1) is 25.8. The van der Waals surface area contributed by atoms with Crippen LogP contribution in [-0.2, 0) is 22.3 Å². The highest BCUT2D eigenvalue weighted by molar-refractivity contribution is 5.88. The zero-order valence-electron chi connectivity index (χ0n) is 20.0. The van der Waals surface area contributed by atoms with Crippen molar-refractivity contribution >= 4 is 11.8 Å². The topological polar surface area (TPSA) is 80.1 Å². The maximum Gasteiger partial charge on any atom is 0.419 e. The van der Waals surface area contributed by atoms with Crippen molar-refractivity contribution in [3.63, 3.8) is 0 Å². The number of carbonyl (C=O) groups excluding carboxylic acids is 2. The summed E-state index contributed by atoms with van der Waals surface area (Å²) in [7, 11) is 0. The smallest absolute Gasteiger partial charge is 0.342 e. The van der Waals surface area contributed by atoms with Gasteiger partial charge in [-0.2, -0.15) is 22.7 Å². The molecule has 0 bridgehead atoms. The van der Waals surface area contributed by atoms with E-state index in [0.717, 1.165) is 22.4 Å². The van der Waals surface area contributed by atoms with Gasteiger partial charge >= 0.3 is 6.18 Å². The van der Waals surface area contributed by atoms with Crippen LogP contribution in [0, 0.1) is 5.95 Å². The number of alkyl halides is 4. The van der Waals surface area contributed by atoms with E-state index in [4.69, 9.17) is 0 Å².